The number of hydrogen-bond acceptors (Lipinski definition) is 6. The van der Waals surface area contributed by atoms with E-state index in [9.17, 15) is 9.59 Å². The van der Waals surface area contributed by atoms with Crippen molar-refractivity contribution in [2.24, 2.45) is 5.92 Å². The van der Waals surface area contributed by atoms with E-state index in [2.05, 4.69) is 24.1 Å². The van der Waals surface area contributed by atoms with Crippen molar-refractivity contribution in [2.75, 3.05) is 23.8 Å². The van der Waals surface area contributed by atoms with Gasteiger partial charge in [-0.25, -0.2) is 19.5 Å². The summed E-state index contributed by atoms with van der Waals surface area (Å²) in [6, 6.07) is 11.7. The minimum atomic E-state index is -0.623. The lowest BCUT2D eigenvalue weighted by Gasteiger charge is -2.22. The first kappa shape index (κ1) is 27.3. The fourth-order valence-electron chi connectivity index (χ4n) is 3.09. The molecule has 1 N–H and O–H groups in total. The van der Waals surface area contributed by atoms with Crippen molar-refractivity contribution in [3.05, 3.63) is 63.5 Å². The maximum Gasteiger partial charge on any atom is 0.411 e. The zero-order valence-corrected chi connectivity index (χ0v) is 22.3. The lowest BCUT2D eigenvalue weighted by atomic mass is 10.1. The molecular weight excluding hydrogens is 521 g/mol. The van der Waals surface area contributed by atoms with Gasteiger partial charge in [0.2, 0.25) is 0 Å². The third-order valence-corrected chi connectivity index (χ3v) is 6.68. The van der Waals surface area contributed by atoms with Crippen LogP contribution in [-0.4, -0.2) is 35.6 Å². The third kappa shape index (κ3) is 7.34. The highest BCUT2D eigenvalue weighted by Gasteiger charge is 2.23. The number of amides is 3. The van der Waals surface area contributed by atoms with Gasteiger partial charge < -0.3 is 4.74 Å². The van der Waals surface area contributed by atoms with E-state index in [1.165, 1.54) is 23.3 Å². The Kier molecular flexibility index (Phi) is 9.53. The van der Waals surface area contributed by atoms with E-state index in [-0.39, 0.29) is 6.61 Å². The summed E-state index contributed by atoms with van der Waals surface area (Å²) in [6.07, 6.45) is 1.99. The second-order valence-corrected chi connectivity index (χ2v) is 9.97. The van der Waals surface area contributed by atoms with Crippen molar-refractivity contribution < 1.29 is 14.3 Å². The van der Waals surface area contributed by atoms with E-state index < -0.39 is 12.1 Å². The molecule has 0 fully saturated rings. The number of halogens is 2. The van der Waals surface area contributed by atoms with Crippen LogP contribution in [0, 0.1) is 17.4 Å². The van der Waals surface area contributed by atoms with E-state index in [1.54, 1.807) is 36.4 Å². The van der Waals surface area contributed by atoms with Gasteiger partial charge in [-0.1, -0.05) is 55.2 Å². The SMILES string of the molecule is CC(C)CCN(C(=O)N(C)C#N)c1nc(-c2cccc(NC(=O)OCc3ccc(Cl)c(Cl)c3)c2)cs1. The van der Waals surface area contributed by atoms with Crippen molar-refractivity contribution in [2.45, 2.75) is 26.9 Å². The monoisotopic (exact) mass is 545 g/mol. The Morgan fingerprint density at radius 3 is 2.67 bits per heavy atom. The van der Waals surface area contributed by atoms with E-state index in [0.717, 1.165) is 16.9 Å². The summed E-state index contributed by atoms with van der Waals surface area (Å²) in [4.78, 5) is 32.1. The first-order valence-electron chi connectivity index (χ1n) is 11.1. The maximum absolute atomic E-state index is 12.7. The molecule has 0 aliphatic carbocycles. The van der Waals surface area contributed by atoms with Crippen LogP contribution in [0.2, 0.25) is 10.0 Å². The van der Waals surface area contributed by atoms with Crippen molar-refractivity contribution in [3.63, 3.8) is 0 Å². The fraction of sp³-hybridized carbons (Fsp3) is 0.280. The molecule has 0 radical (unpaired) electrons. The van der Waals surface area contributed by atoms with E-state index in [1.807, 2.05) is 17.6 Å². The number of rotatable bonds is 8. The number of nitriles is 1. The topological polar surface area (TPSA) is 98.6 Å². The fourth-order valence-corrected chi connectivity index (χ4v) is 4.27. The molecule has 3 amide bonds. The molecule has 36 heavy (non-hydrogen) atoms. The maximum atomic E-state index is 12.7. The largest absolute Gasteiger partial charge is 0.444 e. The van der Waals surface area contributed by atoms with Gasteiger partial charge in [-0.15, -0.1) is 11.3 Å². The highest BCUT2D eigenvalue weighted by atomic mass is 35.5. The normalized spacial score (nSPS) is 10.6. The van der Waals surface area contributed by atoms with Crippen LogP contribution < -0.4 is 10.2 Å². The smallest absolute Gasteiger partial charge is 0.411 e. The molecule has 0 saturated carbocycles. The summed E-state index contributed by atoms with van der Waals surface area (Å²) in [5, 5.41) is 15.0. The minimum absolute atomic E-state index is 0.0369. The average molecular weight is 546 g/mol. The molecule has 0 spiro atoms. The molecule has 0 saturated heterocycles. The molecule has 0 unspecified atom stereocenters. The Balaban J connectivity index is 1.70. The second-order valence-electron chi connectivity index (χ2n) is 8.32. The van der Waals surface area contributed by atoms with Crippen LogP contribution >= 0.6 is 34.5 Å². The molecule has 1 heterocycles. The van der Waals surface area contributed by atoms with Gasteiger partial charge in [0.1, 0.15) is 6.61 Å². The second kappa shape index (κ2) is 12.6. The molecule has 1 aromatic heterocycles. The molecule has 11 heteroatoms. The van der Waals surface area contributed by atoms with Crippen LogP contribution in [0.25, 0.3) is 11.3 Å². The highest BCUT2D eigenvalue weighted by molar-refractivity contribution is 7.14. The van der Waals surface area contributed by atoms with Gasteiger partial charge in [0.05, 0.1) is 15.7 Å². The molecule has 3 aromatic rings. The van der Waals surface area contributed by atoms with Crippen molar-refractivity contribution >= 4 is 57.5 Å². The van der Waals surface area contributed by atoms with E-state index in [0.29, 0.717) is 44.6 Å². The van der Waals surface area contributed by atoms with Crippen molar-refractivity contribution in [1.29, 1.82) is 5.26 Å². The van der Waals surface area contributed by atoms with Crippen LogP contribution in [0.3, 0.4) is 0 Å². The number of carbonyl (C=O) groups is 2. The molecule has 8 nitrogen and oxygen atoms in total. The summed E-state index contributed by atoms with van der Waals surface area (Å²) >= 11 is 13.2. The third-order valence-electron chi connectivity index (χ3n) is 5.08. The molecule has 2 aromatic carbocycles. The molecular formula is C25H25Cl2N5O3S. The molecule has 188 valence electrons. The van der Waals surface area contributed by atoms with Gasteiger partial charge in [-0.3, -0.25) is 10.2 Å². The number of hydrogen-bond donors (Lipinski definition) is 1. The lowest BCUT2D eigenvalue weighted by molar-refractivity contribution is 0.155. The first-order chi connectivity index (χ1) is 17.2. The number of urea groups is 1. The molecule has 0 bridgehead atoms. The van der Waals surface area contributed by atoms with Crippen LogP contribution in [0.5, 0.6) is 0 Å². The number of nitrogens with zero attached hydrogens (tertiary/aromatic N) is 4. The standard InChI is InChI=1S/C25H25Cl2N5O3S/c1-16(2)9-10-32(25(34)31(3)15-28)23-30-22(14-36-23)18-5-4-6-19(12-18)29-24(33)35-13-17-7-8-20(26)21(27)11-17/h4-8,11-12,14,16H,9-10,13H2,1-3H3,(H,29,33). The number of carbonyl (C=O) groups excluding carboxylic acids is 2. The predicted molar refractivity (Wildman–Crippen MR) is 143 cm³/mol. The number of aromatic nitrogens is 1. The number of ether oxygens (including phenoxy) is 1. The highest BCUT2D eigenvalue weighted by Crippen LogP contribution is 2.30. The Hall–Kier alpha value is -3.32. The van der Waals surface area contributed by atoms with Crippen LogP contribution in [0.4, 0.5) is 20.4 Å². The quantitative estimate of drug-likeness (QED) is 0.237. The summed E-state index contributed by atoms with van der Waals surface area (Å²) < 4.78 is 5.27. The van der Waals surface area contributed by atoms with Gasteiger partial charge in [0, 0.05) is 30.2 Å². The van der Waals surface area contributed by atoms with Crippen LogP contribution in [-0.2, 0) is 11.3 Å². The average Bonchev–Trinajstić information content (AvgIpc) is 3.34. The van der Waals surface area contributed by atoms with E-state index >= 15 is 0 Å². The van der Waals surface area contributed by atoms with Crippen molar-refractivity contribution in [3.8, 4) is 17.5 Å². The summed E-state index contributed by atoms with van der Waals surface area (Å²) in [5.74, 6) is 0.381. The van der Waals surface area contributed by atoms with E-state index in [4.69, 9.17) is 33.2 Å². The van der Waals surface area contributed by atoms with Crippen LogP contribution in [0.15, 0.2) is 47.8 Å². The van der Waals surface area contributed by atoms with Gasteiger partial charge in [-0.2, -0.15) is 5.26 Å². The number of benzene rings is 2. The van der Waals surface area contributed by atoms with Gasteiger partial charge in [-0.05, 0) is 42.2 Å². The molecule has 0 aliphatic heterocycles. The van der Waals surface area contributed by atoms with Gasteiger partial charge in [0.25, 0.3) is 0 Å². The van der Waals surface area contributed by atoms with Gasteiger partial charge >= 0.3 is 12.1 Å². The zero-order chi connectivity index (χ0) is 26.2. The minimum Gasteiger partial charge on any atom is -0.444 e. The Labute approximate surface area is 224 Å². The first-order valence-corrected chi connectivity index (χ1v) is 12.7. The van der Waals surface area contributed by atoms with Crippen molar-refractivity contribution in [1.82, 2.24) is 9.88 Å². The number of anilines is 2. The zero-order valence-electron chi connectivity index (χ0n) is 20.0. The molecule has 0 aliphatic rings. The number of nitrogens with one attached hydrogen (secondary N) is 1. The Bertz CT molecular complexity index is 1270. The lowest BCUT2D eigenvalue weighted by Crippen LogP contribution is -2.40. The van der Waals surface area contributed by atoms with Gasteiger partial charge in [0.15, 0.2) is 11.3 Å². The summed E-state index contributed by atoms with van der Waals surface area (Å²) in [6.45, 7) is 4.62. The Morgan fingerprint density at radius 2 is 1.97 bits per heavy atom. The summed E-state index contributed by atoms with van der Waals surface area (Å²) in [7, 11) is 1.43. The summed E-state index contributed by atoms with van der Waals surface area (Å²) in [5.41, 5.74) is 2.63. The predicted octanol–water partition coefficient (Wildman–Crippen LogP) is 7.25. The molecule has 3 rings (SSSR count). The number of thiazole rings is 1. The van der Waals surface area contributed by atoms with Crippen LogP contribution in [0.1, 0.15) is 25.8 Å². The molecule has 0 atom stereocenters. The Morgan fingerprint density at radius 1 is 1.19 bits per heavy atom.